The molecule has 92 valence electrons. The van der Waals surface area contributed by atoms with Gasteiger partial charge in [-0.3, -0.25) is 4.79 Å². The predicted octanol–water partition coefficient (Wildman–Crippen LogP) is 3.53. The zero-order chi connectivity index (χ0) is 13.0. The van der Waals surface area contributed by atoms with E-state index < -0.39 is 0 Å². The fourth-order valence-corrected chi connectivity index (χ4v) is 1.90. The van der Waals surface area contributed by atoms with Crippen molar-refractivity contribution in [1.29, 1.82) is 0 Å². The molecular formula is C16H17NO. The summed E-state index contributed by atoms with van der Waals surface area (Å²) in [5, 5.41) is 0. The standard InChI is InChI=1S/C16H17NO/c1-13(18)15-8-10-16(11-9-15)17(2)12-14-6-4-3-5-7-14/h3-11H,12H2,1-2H3. The Balaban J connectivity index is 2.09. The van der Waals surface area contributed by atoms with Crippen LogP contribution in [0.15, 0.2) is 54.6 Å². The van der Waals surface area contributed by atoms with Crippen molar-refractivity contribution in [3.05, 3.63) is 65.7 Å². The van der Waals surface area contributed by atoms with Crippen LogP contribution in [0.3, 0.4) is 0 Å². The summed E-state index contributed by atoms with van der Waals surface area (Å²) in [7, 11) is 2.05. The van der Waals surface area contributed by atoms with E-state index in [0.29, 0.717) is 0 Å². The third-order valence-electron chi connectivity index (χ3n) is 2.98. The van der Waals surface area contributed by atoms with Crippen LogP contribution >= 0.6 is 0 Å². The number of benzene rings is 2. The maximum Gasteiger partial charge on any atom is 0.159 e. The molecule has 0 saturated carbocycles. The van der Waals surface area contributed by atoms with Gasteiger partial charge in [0, 0.05) is 24.8 Å². The fraction of sp³-hybridized carbons (Fsp3) is 0.188. The number of Topliss-reactive ketones (excluding diaryl/α,β-unsaturated/α-hetero) is 1. The molecule has 2 rings (SSSR count). The normalized spacial score (nSPS) is 10.1. The second kappa shape index (κ2) is 5.50. The number of nitrogens with zero attached hydrogens (tertiary/aromatic N) is 1. The maximum atomic E-state index is 11.2. The largest absolute Gasteiger partial charge is 0.370 e. The van der Waals surface area contributed by atoms with Gasteiger partial charge in [0.15, 0.2) is 5.78 Å². The quantitative estimate of drug-likeness (QED) is 0.761. The lowest BCUT2D eigenvalue weighted by Crippen LogP contribution is -2.16. The lowest BCUT2D eigenvalue weighted by atomic mass is 10.1. The Bertz CT molecular complexity index is 517. The molecule has 0 aliphatic rings. The topological polar surface area (TPSA) is 20.3 Å². The van der Waals surface area contributed by atoms with Gasteiger partial charge in [-0.05, 0) is 36.8 Å². The molecule has 0 fully saturated rings. The molecule has 2 aromatic carbocycles. The zero-order valence-electron chi connectivity index (χ0n) is 10.8. The van der Waals surface area contributed by atoms with Crippen LogP contribution in [-0.4, -0.2) is 12.8 Å². The van der Waals surface area contributed by atoms with Crippen LogP contribution in [0.4, 0.5) is 5.69 Å². The summed E-state index contributed by atoms with van der Waals surface area (Å²) in [6.07, 6.45) is 0. The van der Waals surface area contributed by atoms with Crippen molar-refractivity contribution in [3.8, 4) is 0 Å². The number of hydrogen-bond acceptors (Lipinski definition) is 2. The van der Waals surface area contributed by atoms with Crippen LogP contribution in [0.2, 0.25) is 0 Å². The number of hydrogen-bond donors (Lipinski definition) is 0. The summed E-state index contributed by atoms with van der Waals surface area (Å²) in [6.45, 7) is 2.45. The molecule has 0 unspecified atom stereocenters. The Morgan fingerprint density at radius 3 is 2.17 bits per heavy atom. The van der Waals surface area contributed by atoms with E-state index in [1.54, 1.807) is 6.92 Å². The molecule has 2 aromatic rings. The molecule has 0 amide bonds. The average Bonchev–Trinajstić information content (AvgIpc) is 2.40. The number of carbonyl (C=O) groups excluding carboxylic acids is 1. The van der Waals surface area contributed by atoms with E-state index in [-0.39, 0.29) is 5.78 Å². The van der Waals surface area contributed by atoms with E-state index in [1.807, 2.05) is 42.5 Å². The molecule has 0 spiro atoms. The minimum absolute atomic E-state index is 0.104. The molecule has 0 N–H and O–H groups in total. The number of ketones is 1. The van der Waals surface area contributed by atoms with E-state index in [0.717, 1.165) is 17.8 Å². The van der Waals surface area contributed by atoms with Crippen molar-refractivity contribution in [2.24, 2.45) is 0 Å². The molecule has 2 nitrogen and oxygen atoms in total. The molecule has 0 radical (unpaired) electrons. The Kier molecular flexibility index (Phi) is 3.78. The molecule has 0 bridgehead atoms. The van der Waals surface area contributed by atoms with Gasteiger partial charge in [-0.25, -0.2) is 0 Å². The fourth-order valence-electron chi connectivity index (χ4n) is 1.90. The highest BCUT2D eigenvalue weighted by Gasteiger charge is 2.03. The molecule has 0 heterocycles. The SMILES string of the molecule is CC(=O)c1ccc(N(C)Cc2ccccc2)cc1. The number of anilines is 1. The Labute approximate surface area is 108 Å². The van der Waals surface area contributed by atoms with Gasteiger partial charge < -0.3 is 4.90 Å². The lowest BCUT2D eigenvalue weighted by molar-refractivity contribution is 0.101. The van der Waals surface area contributed by atoms with Crippen molar-refractivity contribution in [2.45, 2.75) is 13.5 Å². The second-order valence-corrected chi connectivity index (χ2v) is 4.44. The Morgan fingerprint density at radius 1 is 1.00 bits per heavy atom. The number of carbonyl (C=O) groups is 1. The van der Waals surface area contributed by atoms with Gasteiger partial charge in [0.25, 0.3) is 0 Å². The summed E-state index contributed by atoms with van der Waals surface area (Å²) >= 11 is 0. The highest BCUT2D eigenvalue weighted by molar-refractivity contribution is 5.94. The minimum atomic E-state index is 0.104. The van der Waals surface area contributed by atoms with Crippen LogP contribution in [-0.2, 0) is 6.54 Å². The highest BCUT2D eigenvalue weighted by Crippen LogP contribution is 2.16. The van der Waals surface area contributed by atoms with Crippen LogP contribution in [0.25, 0.3) is 0 Å². The van der Waals surface area contributed by atoms with E-state index in [1.165, 1.54) is 5.56 Å². The predicted molar refractivity (Wildman–Crippen MR) is 75.0 cm³/mol. The van der Waals surface area contributed by atoms with Crippen LogP contribution in [0.1, 0.15) is 22.8 Å². The van der Waals surface area contributed by atoms with Crippen molar-refractivity contribution in [1.82, 2.24) is 0 Å². The first kappa shape index (κ1) is 12.4. The first-order chi connectivity index (χ1) is 8.66. The van der Waals surface area contributed by atoms with E-state index in [9.17, 15) is 4.79 Å². The molecule has 0 saturated heterocycles. The first-order valence-electron chi connectivity index (χ1n) is 6.03. The molecule has 2 heteroatoms. The lowest BCUT2D eigenvalue weighted by Gasteiger charge is -2.19. The molecule has 0 aliphatic carbocycles. The molecule has 0 aliphatic heterocycles. The average molecular weight is 239 g/mol. The van der Waals surface area contributed by atoms with Crippen LogP contribution in [0.5, 0.6) is 0 Å². The van der Waals surface area contributed by atoms with Gasteiger partial charge >= 0.3 is 0 Å². The Hall–Kier alpha value is -2.09. The van der Waals surface area contributed by atoms with E-state index in [4.69, 9.17) is 0 Å². The summed E-state index contributed by atoms with van der Waals surface area (Å²) in [5.74, 6) is 0.104. The van der Waals surface area contributed by atoms with E-state index in [2.05, 4.69) is 24.1 Å². The van der Waals surface area contributed by atoms with Crippen molar-refractivity contribution >= 4 is 11.5 Å². The molecule has 0 aromatic heterocycles. The van der Waals surface area contributed by atoms with Crippen LogP contribution < -0.4 is 4.90 Å². The van der Waals surface area contributed by atoms with Gasteiger partial charge in [-0.2, -0.15) is 0 Å². The second-order valence-electron chi connectivity index (χ2n) is 4.44. The minimum Gasteiger partial charge on any atom is -0.370 e. The van der Waals surface area contributed by atoms with Gasteiger partial charge in [0.05, 0.1) is 0 Å². The summed E-state index contributed by atoms with van der Waals surface area (Å²) in [5.41, 5.74) is 3.14. The van der Waals surface area contributed by atoms with Crippen molar-refractivity contribution < 1.29 is 4.79 Å². The summed E-state index contributed by atoms with van der Waals surface area (Å²) in [6, 6.07) is 18.0. The zero-order valence-corrected chi connectivity index (χ0v) is 10.8. The third-order valence-corrected chi connectivity index (χ3v) is 2.98. The highest BCUT2D eigenvalue weighted by atomic mass is 16.1. The molecular weight excluding hydrogens is 222 g/mol. The van der Waals surface area contributed by atoms with E-state index >= 15 is 0 Å². The number of rotatable bonds is 4. The van der Waals surface area contributed by atoms with Gasteiger partial charge in [-0.1, -0.05) is 30.3 Å². The van der Waals surface area contributed by atoms with Crippen molar-refractivity contribution in [2.75, 3.05) is 11.9 Å². The summed E-state index contributed by atoms with van der Waals surface area (Å²) < 4.78 is 0. The van der Waals surface area contributed by atoms with Gasteiger partial charge in [-0.15, -0.1) is 0 Å². The molecule has 0 atom stereocenters. The maximum absolute atomic E-state index is 11.2. The first-order valence-corrected chi connectivity index (χ1v) is 6.03. The van der Waals surface area contributed by atoms with Crippen molar-refractivity contribution in [3.63, 3.8) is 0 Å². The third kappa shape index (κ3) is 2.98. The molecule has 18 heavy (non-hydrogen) atoms. The van der Waals surface area contributed by atoms with Gasteiger partial charge in [0.2, 0.25) is 0 Å². The van der Waals surface area contributed by atoms with Crippen LogP contribution in [0, 0.1) is 0 Å². The van der Waals surface area contributed by atoms with Gasteiger partial charge in [0.1, 0.15) is 0 Å². The monoisotopic (exact) mass is 239 g/mol. The summed E-state index contributed by atoms with van der Waals surface area (Å²) in [4.78, 5) is 13.4. The Morgan fingerprint density at radius 2 is 1.61 bits per heavy atom. The smallest absolute Gasteiger partial charge is 0.159 e.